The van der Waals surface area contributed by atoms with E-state index in [0.717, 1.165) is 40.0 Å². The zero-order chi connectivity index (χ0) is 19.3. The highest BCUT2D eigenvalue weighted by atomic mass is 32.2. The second kappa shape index (κ2) is 6.48. The Morgan fingerprint density at radius 3 is 2.54 bits per heavy atom. The fourth-order valence-electron chi connectivity index (χ4n) is 4.12. The normalized spacial score (nSPS) is 15.7. The van der Waals surface area contributed by atoms with Crippen molar-refractivity contribution in [3.8, 4) is 22.8 Å². The van der Waals surface area contributed by atoms with Crippen LogP contribution in [0.4, 0.5) is 5.82 Å². The van der Waals surface area contributed by atoms with E-state index in [4.69, 9.17) is 14.0 Å². The van der Waals surface area contributed by atoms with Gasteiger partial charge in [-0.05, 0) is 61.9 Å². The molecule has 1 heterocycles. The Balaban J connectivity index is 1.50. The predicted octanol–water partition coefficient (Wildman–Crippen LogP) is 5.37. The highest BCUT2D eigenvalue weighted by Gasteiger charge is 2.50. The summed E-state index contributed by atoms with van der Waals surface area (Å²) >= 11 is 1.44. The van der Waals surface area contributed by atoms with Crippen LogP contribution in [0, 0.1) is 6.92 Å². The summed E-state index contributed by atoms with van der Waals surface area (Å²) in [4.78, 5) is 0.887. The summed E-state index contributed by atoms with van der Waals surface area (Å²) in [6.07, 6.45) is 3.41. The van der Waals surface area contributed by atoms with Crippen LogP contribution in [0.15, 0.2) is 45.8 Å². The molecule has 0 atom stereocenters. The molecule has 144 valence electrons. The summed E-state index contributed by atoms with van der Waals surface area (Å²) in [6.45, 7) is 2.12. The van der Waals surface area contributed by atoms with Gasteiger partial charge in [-0.15, -0.1) is 0 Å². The average Bonchev–Trinajstić information content (AvgIpc) is 3.37. The van der Waals surface area contributed by atoms with Crippen LogP contribution in [-0.4, -0.2) is 19.4 Å². The monoisotopic (exact) mass is 394 g/mol. The average molecular weight is 394 g/mol. The van der Waals surface area contributed by atoms with Gasteiger partial charge in [0.2, 0.25) is 0 Å². The molecule has 1 aromatic heterocycles. The zero-order valence-electron chi connectivity index (χ0n) is 16.2. The van der Waals surface area contributed by atoms with E-state index in [-0.39, 0.29) is 5.41 Å². The molecule has 5 rings (SSSR count). The zero-order valence-corrected chi connectivity index (χ0v) is 17.0. The number of fused-ring (bicyclic) bond motifs is 4. The number of rotatable bonds is 5. The first-order valence-electron chi connectivity index (χ1n) is 9.39. The minimum Gasteiger partial charge on any atom is -0.495 e. The van der Waals surface area contributed by atoms with Gasteiger partial charge in [0, 0.05) is 16.5 Å². The van der Waals surface area contributed by atoms with Gasteiger partial charge in [-0.2, -0.15) is 0 Å². The number of aromatic nitrogens is 1. The summed E-state index contributed by atoms with van der Waals surface area (Å²) < 4.78 is 20.2. The maximum Gasteiger partial charge on any atom is 0.183 e. The second-order valence-corrected chi connectivity index (χ2v) is 8.36. The Hall–Kier alpha value is -2.60. The van der Waals surface area contributed by atoms with Crippen LogP contribution in [0.2, 0.25) is 0 Å². The largest absolute Gasteiger partial charge is 0.495 e. The number of nitrogens with zero attached hydrogens (tertiary/aromatic N) is 1. The minimum absolute atomic E-state index is 0.255. The van der Waals surface area contributed by atoms with Crippen molar-refractivity contribution in [2.45, 2.75) is 36.5 Å². The van der Waals surface area contributed by atoms with E-state index in [1.165, 1.54) is 41.5 Å². The van der Waals surface area contributed by atoms with Crippen LogP contribution in [-0.2, 0) is 11.8 Å². The fraction of sp³-hybridized carbons (Fsp3) is 0.318. The second-order valence-electron chi connectivity index (χ2n) is 7.54. The van der Waals surface area contributed by atoms with Crippen LogP contribution >= 0.6 is 11.9 Å². The van der Waals surface area contributed by atoms with Crippen molar-refractivity contribution >= 4 is 17.8 Å². The highest BCUT2D eigenvalue weighted by molar-refractivity contribution is 8.00. The maximum atomic E-state index is 5.80. The maximum absolute atomic E-state index is 5.80. The molecule has 1 saturated carbocycles. The third kappa shape index (κ3) is 2.66. The summed E-state index contributed by atoms with van der Waals surface area (Å²) in [5.74, 6) is 3.19. The molecule has 0 unspecified atom stereocenters. The number of ether oxygens (including phenoxy) is 2. The number of anilines is 1. The fourth-order valence-corrected chi connectivity index (χ4v) is 4.98. The molecule has 0 radical (unpaired) electrons. The molecule has 0 saturated heterocycles. The molecule has 0 amide bonds. The van der Waals surface area contributed by atoms with Crippen LogP contribution < -0.4 is 14.2 Å². The van der Waals surface area contributed by atoms with Crippen molar-refractivity contribution in [1.82, 2.24) is 5.16 Å². The predicted molar refractivity (Wildman–Crippen MR) is 110 cm³/mol. The number of nitrogens with one attached hydrogen (secondary N) is 1. The van der Waals surface area contributed by atoms with Crippen molar-refractivity contribution in [3.63, 3.8) is 0 Å². The van der Waals surface area contributed by atoms with E-state index < -0.39 is 0 Å². The van der Waals surface area contributed by atoms with Crippen molar-refractivity contribution in [2.24, 2.45) is 0 Å². The number of methoxy groups -OCH3 is 2. The van der Waals surface area contributed by atoms with Gasteiger partial charge in [-0.25, -0.2) is 0 Å². The van der Waals surface area contributed by atoms with Gasteiger partial charge in [0.05, 0.1) is 14.2 Å². The molecule has 1 fully saturated rings. The van der Waals surface area contributed by atoms with Crippen molar-refractivity contribution in [2.75, 3.05) is 18.9 Å². The molecule has 2 aliphatic rings. The third-order valence-corrected chi connectivity index (χ3v) is 6.68. The molecule has 1 N–H and O–H groups in total. The summed E-state index contributed by atoms with van der Waals surface area (Å²) in [5.41, 5.74) is 5.26. The highest BCUT2D eigenvalue weighted by Crippen LogP contribution is 2.58. The SMILES string of the molecule is COc1cccc(OC)c1SNc1noc2c1CC1(CC1)c1ccc(C)cc1-2. The van der Waals surface area contributed by atoms with Gasteiger partial charge in [0.15, 0.2) is 11.6 Å². The first-order valence-corrected chi connectivity index (χ1v) is 10.2. The van der Waals surface area contributed by atoms with Gasteiger partial charge in [-0.3, -0.25) is 0 Å². The molecule has 3 aromatic rings. The third-order valence-electron chi connectivity index (χ3n) is 5.78. The van der Waals surface area contributed by atoms with Crippen LogP contribution in [0.3, 0.4) is 0 Å². The van der Waals surface area contributed by atoms with Gasteiger partial charge in [0.25, 0.3) is 0 Å². The first-order chi connectivity index (χ1) is 13.6. The van der Waals surface area contributed by atoms with E-state index >= 15 is 0 Å². The molecule has 2 aliphatic carbocycles. The molecule has 0 aliphatic heterocycles. The molecule has 6 heteroatoms. The number of hydrogen-bond donors (Lipinski definition) is 1. The van der Waals surface area contributed by atoms with Crippen LogP contribution in [0.25, 0.3) is 11.3 Å². The topological polar surface area (TPSA) is 56.5 Å². The lowest BCUT2D eigenvalue weighted by atomic mass is 9.79. The molecular formula is C22H22N2O3S. The standard InChI is InChI=1S/C22H22N2O3S/c1-13-7-8-16-14(11-13)19-15(12-22(16)9-10-22)21(23-27-19)24-28-20-17(25-2)5-4-6-18(20)26-3/h4-8,11H,9-10,12H2,1-3H3,(H,23,24). The van der Waals surface area contributed by atoms with Crippen LogP contribution in [0.1, 0.15) is 29.5 Å². The lowest BCUT2D eigenvalue weighted by Gasteiger charge is -2.24. The lowest BCUT2D eigenvalue weighted by molar-refractivity contribution is 0.376. The minimum atomic E-state index is 0.255. The van der Waals surface area contributed by atoms with E-state index in [9.17, 15) is 0 Å². The van der Waals surface area contributed by atoms with Crippen molar-refractivity contribution in [3.05, 3.63) is 53.1 Å². The van der Waals surface area contributed by atoms with E-state index in [1.54, 1.807) is 14.2 Å². The Kier molecular flexibility index (Phi) is 4.05. The van der Waals surface area contributed by atoms with Crippen LogP contribution in [0.5, 0.6) is 11.5 Å². The Morgan fingerprint density at radius 2 is 1.86 bits per heavy atom. The molecule has 2 aromatic carbocycles. The summed E-state index contributed by atoms with van der Waals surface area (Å²) in [5, 5.41) is 4.36. The van der Waals surface area contributed by atoms with Gasteiger partial charge in [-0.1, -0.05) is 28.9 Å². The molecule has 28 heavy (non-hydrogen) atoms. The molecule has 0 bridgehead atoms. The molecule has 1 spiro atoms. The number of benzene rings is 2. The first kappa shape index (κ1) is 17.5. The molecule has 5 nitrogen and oxygen atoms in total. The molecular weight excluding hydrogens is 372 g/mol. The van der Waals surface area contributed by atoms with E-state index in [1.807, 2.05) is 18.2 Å². The summed E-state index contributed by atoms with van der Waals surface area (Å²) in [7, 11) is 3.32. The Morgan fingerprint density at radius 1 is 1.11 bits per heavy atom. The van der Waals surface area contributed by atoms with E-state index in [2.05, 4.69) is 35.0 Å². The summed E-state index contributed by atoms with van der Waals surface area (Å²) in [6, 6.07) is 12.4. The van der Waals surface area contributed by atoms with E-state index in [0.29, 0.717) is 0 Å². The Labute approximate surface area is 168 Å². The van der Waals surface area contributed by atoms with Crippen molar-refractivity contribution in [1.29, 1.82) is 0 Å². The number of aryl methyl sites for hydroxylation is 1. The number of hydrogen-bond acceptors (Lipinski definition) is 6. The van der Waals surface area contributed by atoms with Gasteiger partial charge >= 0.3 is 0 Å². The quantitative estimate of drug-likeness (QED) is 0.587. The smallest absolute Gasteiger partial charge is 0.183 e. The Bertz CT molecular complexity index is 1030. The van der Waals surface area contributed by atoms with Gasteiger partial charge in [0.1, 0.15) is 16.4 Å². The van der Waals surface area contributed by atoms with Crippen molar-refractivity contribution < 1.29 is 14.0 Å². The lowest BCUT2D eigenvalue weighted by Crippen LogP contribution is -2.17. The van der Waals surface area contributed by atoms with Gasteiger partial charge < -0.3 is 18.7 Å².